The number of hydrogen-bond acceptors (Lipinski definition) is 2. The van der Waals surface area contributed by atoms with Crippen LogP contribution in [0.2, 0.25) is 0 Å². The van der Waals surface area contributed by atoms with Crippen molar-refractivity contribution in [1.82, 2.24) is 0 Å². The zero-order valence-electron chi connectivity index (χ0n) is 10.3. The highest BCUT2D eigenvalue weighted by Gasteiger charge is 2.81. The minimum Gasteiger partial charge on any atom is -0.481 e. The molecule has 0 spiro atoms. The van der Waals surface area contributed by atoms with Gasteiger partial charge >= 0.3 is 11.9 Å². The molecule has 98 valence electrons. The Hall–Kier alpha value is -1.06. The lowest BCUT2D eigenvalue weighted by molar-refractivity contribution is -0.183. The largest absolute Gasteiger partial charge is 0.481 e. The summed E-state index contributed by atoms with van der Waals surface area (Å²) >= 11 is 0. The van der Waals surface area contributed by atoms with Crippen molar-refractivity contribution in [2.75, 3.05) is 0 Å². The lowest BCUT2D eigenvalue weighted by Crippen LogP contribution is -2.56. The molecular formula is C14H18O4. The van der Waals surface area contributed by atoms with Gasteiger partial charge < -0.3 is 10.2 Å². The molecule has 0 aliphatic heterocycles. The molecule has 4 rings (SSSR count). The third-order valence-electron chi connectivity index (χ3n) is 6.77. The zero-order valence-corrected chi connectivity index (χ0v) is 10.3. The van der Waals surface area contributed by atoms with E-state index in [1.54, 1.807) is 0 Å². The molecule has 0 aromatic carbocycles. The van der Waals surface area contributed by atoms with Gasteiger partial charge in [0.05, 0.1) is 10.8 Å². The molecule has 0 saturated heterocycles. The van der Waals surface area contributed by atoms with Crippen LogP contribution in [0.25, 0.3) is 0 Å². The molecule has 0 heterocycles. The molecule has 4 bridgehead atoms. The highest BCUT2D eigenvalue weighted by atomic mass is 16.4. The molecule has 0 aromatic heterocycles. The second kappa shape index (κ2) is 2.91. The van der Waals surface area contributed by atoms with Gasteiger partial charge in [-0.1, -0.05) is 0 Å². The van der Waals surface area contributed by atoms with Crippen LogP contribution in [0, 0.1) is 34.5 Å². The number of carbonyl (C=O) groups is 2. The first-order valence-corrected chi connectivity index (χ1v) is 7.01. The van der Waals surface area contributed by atoms with Crippen LogP contribution in [0.3, 0.4) is 0 Å². The summed E-state index contributed by atoms with van der Waals surface area (Å²) in [7, 11) is 0. The number of carboxylic acids is 2. The van der Waals surface area contributed by atoms with Gasteiger partial charge in [0, 0.05) is 0 Å². The standard InChI is InChI=1S/C14H18O4/c15-11(16)13-4-3-8(6-13)10-7-1-2-9(5-7)14(10,13)12(17)18/h7-10H,1-6H2,(H,15,16)(H,17,18). The summed E-state index contributed by atoms with van der Waals surface area (Å²) in [6.45, 7) is 0. The van der Waals surface area contributed by atoms with Crippen molar-refractivity contribution in [1.29, 1.82) is 0 Å². The first-order valence-electron chi connectivity index (χ1n) is 7.01. The average Bonchev–Trinajstić information content (AvgIpc) is 3.06. The summed E-state index contributed by atoms with van der Waals surface area (Å²) in [6.07, 6.45) is 5.13. The Bertz CT molecular complexity index is 459. The molecule has 4 aliphatic rings. The van der Waals surface area contributed by atoms with E-state index in [2.05, 4.69) is 0 Å². The van der Waals surface area contributed by atoms with E-state index in [9.17, 15) is 19.8 Å². The maximum Gasteiger partial charge on any atom is 0.311 e. The minimum absolute atomic E-state index is 0.117. The first kappa shape index (κ1) is 10.8. The third kappa shape index (κ3) is 0.808. The Balaban J connectivity index is 1.95. The molecule has 0 radical (unpaired) electrons. The number of fused-ring (bicyclic) bond motifs is 9. The van der Waals surface area contributed by atoms with Gasteiger partial charge in [0.2, 0.25) is 0 Å². The summed E-state index contributed by atoms with van der Waals surface area (Å²) < 4.78 is 0. The third-order valence-corrected chi connectivity index (χ3v) is 6.77. The summed E-state index contributed by atoms with van der Waals surface area (Å²) in [5.74, 6) is -0.554. The van der Waals surface area contributed by atoms with Crippen molar-refractivity contribution in [3.8, 4) is 0 Å². The monoisotopic (exact) mass is 250 g/mol. The number of aliphatic carboxylic acids is 2. The fraction of sp³-hybridized carbons (Fsp3) is 0.857. The van der Waals surface area contributed by atoms with Crippen LogP contribution in [-0.4, -0.2) is 22.2 Å². The Labute approximate surface area is 105 Å². The van der Waals surface area contributed by atoms with Crippen molar-refractivity contribution >= 4 is 11.9 Å². The van der Waals surface area contributed by atoms with Gasteiger partial charge in [-0.15, -0.1) is 0 Å². The van der Waals surface area contributed by atoms with E-state index in [1.807, 2.05) is 0 Å². The van der Waals surface area contributed by atoms with E-state index in [0.717, 1.165) is 25.7 Å². The Morgan fingerprint density at radius 2 is 1.78 bits per heavy atom. The van der Waals surface area contributed by atoms with Crippen LogP contribution in [0.4, 0.5) is 0 Å². The van der Waals surface area contributed by atoms with E-state index in [0.29, 0.717) is 24.7 Å². The normalized spacial score (nSPS) is 55.8. The Morgan fingerprint density at radius 1 is 1.00 bits per heavy atom. The molecule has 4 nitrogen and oxygen atoms in total. The van der Waals surface area contributed by atoms with E-state index in [1.165, 1.54) is 0 Å². The predicted octanol–water partition coefficient (Wildman–Crippen LogP) is 1.99. The predicted molar refractivity (Wildman–Crippen MR) is 61.8 cm³/mol. The fourth-order valence-electron chi connectivity index (χ4n) is 6.53. The second-order valence-corrected chi connectivity index (χ2v) is 6.86. The van der Waals surface area contributed by atoms with Gasteiger partial charge in [0.15, 0.2) is 0 Å². The number of carboxylic acid groups (broad SMARTS) is 2. The number of hydrogen-bond donors (Lipinski definition) is 2. The topological polar surface area (TPSA) is 74.6 Å². The van der Waals surface area contributed by atoms with Crippen molar-refractivity contribution in [2.24, 2.45) is 34.5 Å². The Kier molecular flexibility index (Phi) is 1.75. The maximum absolute atomic E-state index is 12.0. The van der Waals surface area contributed by atoms with Crippen molar-refractivity contribution in [2.45, 2.75) is 38.5 Å². The van der Waals surface area contributed by atoms with Crippen LogP contribution < -0.4 is 0 Å². The highest BCUT2D eigenvalue weighted by Crippen LogP contribution is 2.79. The molecule has 18 heavy (non-hydrogen) atoms. The molecule has 2 N–H and O–H groups in total. The van der Waals surface area contributed by atoms with E-state index in [-0.39, 0.29) is 11.8 Å². The lowest BCUT2D eigenvalue weighted by atomic mass is 9.53. The van der Waals surface area contributed by atoms with Gasteiger partial charge in [0.1, 0.15) is 0 Å². The molecule has 6 atom stereocenters. The fourth-order valence-corrected chi connectivity index (χ4v) is 6.53. The SMILES string of the molecule is O=C(O)C12CCC(C1)C1C3CCC(C3)C12C(=O)O. The molecule has 4 heteroatoms. The summed E-state index contributed by atoms with van der Waals surface area (Å²) in [5.41, 5.74) is -1.88. The first-order chi connectivity index (χ1) is 8.54. The molecule has 0 aromatic rings. The van der Waals surface area contributed by atoms with Crippen molar-refractivity contribution in [3.63, 3.8) is 0 Å². The van der Waals surface area contributed by atoms with Gasteiger partial charge in [-0.05, 0) is 62.2 Å². The zero-order chi connectivity index (χ0) is 12.7. The van der Waals surface area contributed by atoms with E-state index in [4.69, 9.17) is 0 Å². The molecule has 4 fully saturated rings. The van der Waals surface area contributed by atoms with E-state index < -0.39 is 22.8 Å². The molecular weight excluding hydrogens is 232 g/mol. The van der Waals surface area contributed by atoms with Crippen LogP contribution in [0.15, 0.2) is 0 Å². The summed E-state index contributed by atoms with van der Waals surface area (Å²) in [6, 6.07) is 0. The van der Waals surface area contributed by atoms with Crippen molar-refractivity contribution < 1.29 is 19.8 Å². The second-order valence-electron chi connectivity index (χ2n) is 6.86. The highest BCUT2D eigenvalue weighted by molar-refractivity contribution is 5.89. The quantitative estimate of drug-likeness (QED) is 0.735. The molecule has 4 aliphatic carbocycles. The smallest absolute Gasteiger partial charge is 0.311 e. The Morgan fingerprint density at radius 3 is 2.44 bits per heavy atom. The van der Waals surface area contributed by atoms with Crippen LogP contribution in [0.5, 0.6) is 0 Å². The van der Waals surface area contributed by atoms with Gasteiger partial charge in [-0.25, -0.2) is 0 Å². The molecule has 6 unspecified atom stereocenters. The van der Waals surface area contributed by atoms with Crippen molar-refractivity contribution in [3.05, 3.63) is 0 Å². The van der Waals surface area contributed by atoms with Gasteiger partial charge in [-0.2, -0.15) is 0 Å². The molecule has 0 amide bonds. The average molecular weight is 250 g/mol. The lowest BCUT2D eigenvalue weighted by Gasteiger charge is -2.48. The number of rotatable bonds is 2. The van der Waals surface area contributed by atoms with E-state index >= 15 is 0 Å². The summed E-state index contributed by atoms with van der Waals surface area (Å²) in [4.78, 5) is 23.9. The van der Waals surface area contributed by atoms with Crippen LogP contribution in [0.1, 0.15) is 38.5 Å². The molecule has 4 saturated carbocycles. The maximum atomic E-state index is 12.0. The van der Waals surface area contributed by atoms with Gasteiger partial charge in [0.25, 0.3) is 0 Å². The summed E-state index contributed by atoms with van der Waals surface area (Å²) in [5, 5.41) is 19.6. The minimum atomic E-state index is -0.950. The van der Waals surface area contributed by atoms with Gasteiger partial charge in [-0.3, -0.25) is 9.59 Å². The van der Waals surface area contributed by atoms with Crippen LogP contribution in [-0.2, 0) is 9.59 Å². The van der Waals surface area contributed by atoms with Crippen LogP contribution >= 0.6 is 0 Å².